The quantitative estimate of drug-likeness (QED) is 0.441. The molecule has 2 aliphatic rings. The highest BCUT2D eigenvalue weighted by molar-refractivity contribution is 6.12. The van der Waals surface area contributed by atoms with E-state index in [1.54, 1.807) is 0 Å². The first-order valence-corrected chi connectivity index (χ1v) is 9.41. The van der Waals surface area contributed by atoms with E-state index in [2.05, 4.69) is 102 Å². The molecule has 0 unspecified atom stereocenters. The summed E-state index contributed by atoms with van der Waals surface area (Å²) in [7, 11) is 0. The number of fused-ring (bicyclic) bond motifs is 3. The monoisotopic (exact) mass is 346 g/mol. The maximum absolute atomic E-state index is 5.15. The lowest BCUT2D eigenvalue weighted by molar-refractivity contribution is 0.674. The van der Waals surface area contributed by atoms with Gasteiger partial charge in [0.1, 0.15) is 0 Å². The van der Waals surface area contributed by atoms with Crippen LogP contribution >= 0.6 is 0 Å². The van der Waals surface area contributed by atoms with Crippen LogP contribution < -0.4 is 5.01 Å². The Labute approximate surface area is 158 Å². The first-order chi connectivity index (χ1) is 13.4. The molecule has 0 radical (unpaired) electrons. The maximum atomic E-state index is 5.15. The lowest BCUT2D eigenvalue weighted by atomic mass is 9.88. The Morgan fingerprint density at radius 1 is 0.630 bits per heavy atom. The van der Waals surface area contributed by atoms with Gasteiger partial charge in [-0.1, -0.05) is 84.9 Å². The van der Waals surface area contributed by atoms with Gasteiger partial charge in [-0.3, -0.25) is 5.01 Å². The summed E-state index contributed by atoms with van der Waals surface area (Å²) < 4.78 is 0. The minimum atomic E-state index is 0.212. The van der Waals surface area contributed by atoms with Gasteiger partial charge in [0.2, 0.25) is 0 Å². The van der Waals surface area contributed by atoms with Crippen molar-refractivity contribution in [1.29, 1.82) is 0 Å². The third-order valence-electron chi connectivity index (χ3n) is 5.80. The average Bonchev–Trinajstić information content (AvgIpc) is 3.28. The van der Waals surface area contributed by atoms with Gasteiger partial charge in [-0.05, 0) is 39.6 Å². The number of hydrazone groups is 1. The number of benzene rings is 4. The van der Waals surface area contributed by atoms with Crippen LogP contribution in [0.3, 0.4) is 0 Å². The fourth-order valence-corrected chi connectivity index (χ4v) is 4.71. The molecule has 0 spiro atoms. The largest absolute Gasteiger partial charge is 0.257 e. The third kappa shape index (κ3) is 2.04. The van der Waals surface area contributed by atoms with Crippen molar-refractivity contribution in [2.75, 3.05) is 5.01 Å². The van der Waals surface area contributed by atoms with E-state index in [-0.39, 0.29) is 12.0 Å². The van der Waals surface area contributed by atoms with Crippen LogP contribution in [0.15, 0.2) is 102 Å². The summed E-state index contributed by atoms with van der Waals surface area (Å²) in [6.45, 7) is 0. The molecule has 0 saturated heterocycles. The Bertz CT molecular complexity index is 1170. The zero-order valence-corrected chi connectivity index (χ0v) is 14.8. The lowest BCUT2D eigenvalue weighted by Crippen LogP contribution is -2.20. The number of hydrogen-bond donors (Lipinski definition) is 0. The summed E-state index contributed by atoms with van der Waals surface area (Å²) in [5, 5.41) is 10.1. The van der Waals surface area contributed by atoms with Crippen LogP contribution in [0.4, 0.5) is 5.69 Å². The van der Waals surface area contributed by atoms with Crippen molar-refractivity contribution in [3.05, 3.63) is 114 Å². The molecule has 27 heavy (non-hydrogen) atoms. The van der Waals surface area contributed by atoms with E-state index in [0.29, 0.717) is 0 Å². The second kappa shape index (κ2) is 5.55. The number of nitrogens with zero attached hydrogens (tertiary/aromatic N) is 2. The van der Waals surface area contributed by atoms with E-state index in [1.165, 1.54) is 27.5 Å². The highest BCUT2D eigenvalue weighted by Gasteiger charge is 2.46. The van der Waals surface area contributed by atoms with E-state index in [0.717, 1.165) is 11.4 Å². The topological polar surface area (TPSA) is 15.6 Å². The molecule has 4 aromatic carbocycles. The first-order valence-electron chi connectivity index (χ1n) is 9.41. The van der Waals surface area contributed by atoms with E-state index in [1.807, 2.05) is 0 Å². The van der Waals surface area contributed by atoms with Crippen LogP contribution in [0, 0.1) is 0 Å². The van der Waals surface area contributed by atoms with Gasteiger partial charge in [-0.25, -0.2) is 0 Å². The summed E-state index contributed by atoms with van der Waals surface area (Å²) in [4.78, 5) is 0. The van der Waals surface area contributed by atoms with Crippen molar-refractivity contribution in [2.24, 2.45) is 5.10 Å². The molecule has 1 aliphatic carbocycles. The third-order valence-corrected chi connectivity index (χ3v) is 5.80. The molecule has 6 rings (SSSR count). The van der Waals surface area contributed by atoms with Crippen molar-refractivity contribution < 1.29 is 0 Å². The summed E-state index contributed by atoms with van der Waals surface area (Å²) in [5.41, 5.74) is 6.29. The van der Waals surface area contributed by atoms with Crippen LogP contribution in [0.25, 0.3) is 10.8 Å². The fraction of sp³-hybridized carbons (Fsp3) is 0.0800. The molecule has 0 fully saturated rings. The molecule has 128 valence electrons. The zero-order chi connectivity index (χ0) is 17.8. The number of para-hydroxylation sites is 1. The van der Waals surface area contributed by atoms with Crippen LogP contribution in [0.5, 0.6) is 0 Å². The summed E-state index contributed by atoms with van der Waals surface area (Å²) in [6, 6.07) is 34.7. The van der Waals surface area contributed by atoms with Gasteiger partial charge in [0, 0.05) is 0 Å². The van der Waals surface area contributed by atoms with Gasteiger partial charge in [0.25, 0.3) is 0 Å². The summed E-state index contributed by atoms with van der Waals surface area (Å²) in [5.74, 6) is 0.258. The van der Waals surface area contributed by atoms with Crippen LogP contribution in [0.2, 0.25) is 0 Å². The molecule has 4 aromatic rings. The highest BCUT2D eigenvalue weighted by Crippen LogP contribution is 2.54. The van der Waals surface area contributed by atoms with E-state index in [9.17, 15) is 0 Å². The SMILES string of the molecule is c1ccc(C2=NN(c3ccccc3)[C@H]3c4cccc5cccc(c45)[C@@H]23)cc1. The summed E-state index contributed by atoms with van der Waals surface area (Å²) in [6.07, 6.45) is 0. The predicted molar refractivity (Wildman–Crippen MR) is 111 cm³/mol. The predicted octanol–water partition coefficient (Wildman–Crippen LogP) is 5.90. The van der Waals surface area contributed by atoms with Crippen LogP contribution in [0.1, 0.15) is 28.7 Å². The Kier molecular flexibility index (Phi) is 3.03. The second-order valence-corrected chi connectivity index (χ2v) is 7.25. The zero-order valence-electron chi connectivity index (χ0n) is 14.8. The van der Waals surface area contributed by atoms with Gasteiger partial charge < -0.3 is 0 Å². The fourth-order valence-electron chi connectivity index (χ4n) is 4.71. The second-order valence-electron chi connectivity index (χ2n) is 7.25. The number of anilines is 1. The molecule has 2 nitrogen and oxygen atoms in total. The van der Waals surface area contributed by atoms with E-state index in [4.69, 9.17) is 5.10 Å². The Balaban J connectivity index is 1.63. The first kappa shape index (κ1) is 14.7. The molecule has 2 atom stereocenters. The van der Waals surface area contributed by atoms with Gasteiger partial charge >= 0.3 is 0 Å². The molecule has 1 aliphatic heterocycles. The standard InChI is InChI=1S/C25H18N2/c1-3-9-18(10-4-1)24-23-20-15-7-11-17-12-8-16-21(22(17)20)25(23)27(26-24)19-13-5-2-6-14-19/h1-16,23,25H/t23-,25-/m0/s1. The van der Waals surface area contributed by atoms with Crippen molar-refractivity contribution >= 4 is 22.2 Å². The normalized spacial score (nSPS) is 20.0. The van der Waals surface area contributed by atoms with Gasteiger partial charge in [-0.15, -0.1) is 0 Å². The highest BCUT2D eigenvalue weighted by atomic mass is 15.5. The number of rotatable bonds is 2. The average molecular weight is 346 g/mol. The van der Waals surface area contributed by atoms with Gasteiger partial charge in [-0.2, -0.15) is 5.10 Å². The molecule has 2 heteroatoms. The van der Waals surface area contributed by atoms with Gasteiger partial charge in [0.05, 0.1) is 23.4 Å². The lowest BCUT2D eigenvalue weighted by Gasteiger charge is -2.24. The van der Waals surface area contributed by atoms with Crippen LogP contribution in [-0.4, -0.2) is 5.71 Å². The molecule has 0 aromatic heterocycles. The maximum Gasteiger partial charge on any atom is 0.0907 e. The van der Waals surface area contributed by atoms with E-state index < -0.39 is 0 Å². The molecular weight excluding hydrogens is 328 g/mol. The molecule has 0 saturated carbocycles. The summed E-state index contributed by atoms with van der Waals surface area (Å²) >= 11 is 0. The van der Waals surface area contributed by atoms with Crippen LogP contribution in [-0.2, 0) is 0 Å². The Morgan fingerprint density at radius 3 is 2.04 bits per heavy atom. The van der Waals surface area contributed by atoms with Gasteiger partial charge in [0.15, 0.2) is 0 Å². The smallest absolute Gasteiger partial charge is 0.0907 e. The van der Waals surface area contributed by atoms with Crippen molar-refractivity contribution in [2.45, 2.75) is 12.0 Å². The molecule has 1 heterocycles. The van der Waals surface area contributed by atoms with E-state index >= 15 is 0 Å². The van der Waals surface area contributed by atoms with Crippen molar-refractivity contribution in [3.8, 4) is 0 Å². The van der Waals surface area contributed by atoms with Crippen molar-refractivity contribution in [1.82, 2.24) is 0 Å². The molecular formula is C25H18N2. The minimum absolute atomic E-state index is 0.212. The Hall–Kier alpha value is -3.39. The number of hydrogen-bond acceptors (Lipinski definition) is 2. The molecule has 0 bridgehead atoms. The Morgan fingerprint density at radius 2 is 1.30 bits per heavy atom. The van der Waals surface area contributed by atoms with Crippen molar-refractivity contribution in [3.63, 3.8) is 0 Å². The minimum Gasteiger partial charge on any atom is -0.257 e. The molecule has 0 N–H and O–H groups in total. The molecule has 0 amide bonds.